The number of aryl methyl sites for hydroxylation is 1. The van der Waals surface area contributed by atoms with Gasteiger partial charge in [-0.05, 0) is 49.7 Å². The number of rotatable bonds is 12. The molecule has 0 radical (unpaired) electrons. The van der Waals surface area contributed by atoms with E-state index in [0.29, 0.717) is 11.5 Å². The van der Waals surface area contributed by atoms with Crippen molar-refractivity contribution in [1.82, 2.24) is 5.32 Å². The lowest BCUT2D eigenvalue weighted by molar-refractivity contribution is -0.118. The second-order valence-electron chi connectivity index (χ2n) is 6.93. The first-order chi connectivity index (χ1) is 13.6. The number of hydrogen-bond donors (Lipinski definition) is 2. The summed E-state index contributed by atoms with van der Waals surface area (Å²) in [7, 11) is 1.61. The smallest absolute Gasteiger partial charge is 0.262 e. The van der Waals surface area contributed by atoms with E-state index in [1.807, 2.05) is 49.4 Å². The summed E-state index contributed by atoms with van der Waals surface area (Å²) < 4.78 is 11.1. The molecule has 5 nitrogen and oxygen atoms in total. The van der Waals surface area contributed by atoms with Crippen LogP contribution >= 0.6 is 12.4 Å². The van der Waals surface area contributed by atoms with E-state index in [0.717, 1.165) is 29.9 Å². The number of unbranched alkanes of at least 4 members (excludes halogenated alkanes) is 3. The third-order valence-electron chi connectivity index (χ3n) is 4.46. The van der Waals surface area contributed by atoms with Gasteiger partial charge in [0.1, 0.15) is 0 Å². The van der Waals surface area contributed by atoms with Gasteiger partial charge in [0, 0.05) is 12.2 Å². The Hall–Kier alpha value is -2.24. The van der Waals surface area contributed by atoms with Crippen molar-refractivity contribution in [2.45, 2.75) is 46.1 Å². The quantitative estimate of drug-likeness (QED) is 0.468. The van der Waals surface area contributed by atoms with Crippen LogP contribution in [0.5, 0.6) is 11.5 Å². The maximum absolute atomic E-state index is 12.1. The van der Waals surface area contributed by atoms with Gasteiger partial charge in [0.25, 0.3) is 5.91 Å². The van der Waals surface area contributed by atoms with Crippen molar-refractivity contribution in [3.8, 4) is 11.5 Å². The van der Waals surface area contributed by atoms with Crippen molar-refractivity contribution < 1.29 is 14.3 Å². The molecule has 0 saturated carbocycles. The minimum absolute atomic E-state index is 0. The van der Waals surface area contributed by atoms with Gasteiger partial charge in [-0.25, -0.2) is 0 Å². The molecular formula is C23H33ClN2O3. The summed E-state index contributed by atoms with van der Waals surface area (Å²) in [6.45, 7) is 5.96. The molecule has 0 aromatic heterocycles. The van der Waals surface area contributed by atoms with Gasteiger partial charge < -0.3 is 20.1 Å². The number of nitrogens with one attached hydrogen (secondary N) is 2. The first-order valence-electron chi connectivity index (χ1n) is 9.99. The maximum Gasteiger partial charge on any atom is 0.262 e. The molecule has 2 aromatic carbocycles. The van der Waals surface area contributed by atoms with Crippen molar-refractivity contribution in [3.63, 3.8) is 0 Å². The molecule has 0 aliphatic carbocycles. The number of carbonyl (C=O) groups excluding carboxylic acids is 1. The molecule has 2 aromatic rings. The number of ether oxygens (including phenoxy) is 2. The van der Waals surface area contributed by atoms with Crippen LogP contribution in [0, 0.1) is 6.92 Å². The van der Waals surface area contributed by atoms with Crippen molar-refractivity contribution in [3.05, 3.63) is 53.6 Å². The predicted octanol–water partition coefficient (Wildman–Crippen LogP) is 5.11. The number of methoxy groups -OCH3 is 1. The Morgan fingerprint density at radius 3 is 2.45 bits per heavy atom. The number of anilines is 1. The Kier molecular flexibility index (Phi) is 11.8. The Labute approximate surface area is 180 Å². The predicted molar refractivity (Wildman–Crippen MR) is 121 cm³/mol. The molecule has 0 fully saturated rings. The topological polar surface area (TPSA) is 59.6 Å². The average Bonchev–Trinajstić information content (AvgIpc) is 2.71. The molecule has 0 bridgehead atoms. The number of benzene rings is 2. The summed E-state index contributed by atoms with van der Waals surface area (Å²) in [5, 5.41) is 6.27. The highest BCUT2D eigenvalue weighted by atomic mass is 35.5. The molecule has 0 unspecified atom stereocenters. The third kappa shape index (κ3) is 9.20. The summed E-state index contributed by atoms with van der Waals surface area (Å²) >= 11 is 0. The lowest BCUT2D eigenvalue weighted by Crippen LogP contribution is -2.20. The first-order valence-corrected chi connectivity index (χ1v) is 9.99. The SMILES string of the molecule is CCCCCCNCc1ccc(OCC(=O)Nc2ccc(C)cc2)c(OC)c1.Cl. The van der Waals surface area contributed by atoms with E-state index in [-0.39, 0.29) is 24.9 Å². The summed E-state index contributed by atoms with van der Waals surface area (Å²) in [4.78, 5) is 12.1. The molecule has 0 aliphatic heterocycles. The van der Waals surface area contributed by atoms with E-state index < -0.39 is 0 Å². The van der Waals surface area contributed by atoms with Crippen LogP contribution in [0.25, 0.3) is 0 Å². The molecule has 2 N–H and O–H groups in total. The molecule has 0 atom stereocenters. The number of amides is 1. The monoisotopic (exact) mass is 420 g/mol. The highest BCUT2D eigenvalue weighted by Gasteiger charge is 2.09. The van der Waals surface area contributed by atoms with Gasteiger partial charge in [0.15, 0.2) is 18.1 Å². The van der Waals surface area contributed by atoms with Crippen LogP contribution in [0.15, 0.2) is 42.5 Å². The van der Waals surface area contributed by atoms with Crippen LogP contribution in [0.2, 0.25) is 0 Å². The summed E-state index contributed by atoms with van der Waals surface area (Å²) in [5.41, 5.74) is 3.03. The highest BCUT2D eigenvalue weighted by molar-refractivity contribution is 5.91. The molecule has 1 amide bonds. The minimum atomic E-state index is -0.205. The highest BCUT2D eigenvalue weighted by Crippen LogP contribution is 2.28. The number of hydrogen-bond acceptors (Lipinski definition) is 4. The van der Waals surface area contributed by atoms with Crippen LogP contribution < -0.4 is 20.1 Å². The van der Waals surface area contributed by atoms with Gasteiger partial charge in [-0.1, -0.05) is 49.9 Å². The Bertz CT molecular complexity index is 735. The van der Waals surface area contributed by atoms with E-state index in [1.54, 1.807) is 7.11 Å². The first kappa shape index (κ1) is 24.8. The molecular weight excluding hydrogens is 388 g/mol. The van der Waals surface area contributed by atoms with E-state index in [9.17, 15) is 4.79 Å². The van der Waals surface area contributed by atoms with Gasteiger partial charge in [0.2, 0.25) is 0 Å². The van der Waals surface area contributed by atoms with Gasteiger partial charge in [0.05, 0.1) is 7.11 Å². The molecule has 0 spiro atoms. The second-order valence-corrected chi connectivity index (χ2v) is 6.93. The fourth-order valence-corrected chi connectivity index (χ4v) is 2.83. The minimum Gasteiger partial charge on any atom is -0.493 e. The lowest BCUT2D eigenvalue weighted by Gasteiger charge is -2.13. The molecule has 29 heavy (non-hydrogen) atoms. The number of halogens is 1. The van der Waals surface area contributed by atoms with E-state index >= 15 is 0 Å². The van der Waals surface area contributed by atoms with E-state index in [2.05, 4.69) is 17.6 Å². The molecule has 0 aliphatic rings. The standard InChI is InChI=1S/C23H32N2O3.ClH/c1-4-5-6-7-14-24-16-19-10-13-21(22(15-19)27-3)28-17-23(26)25-20-11-8-18(2)9-12-20;/h8-13,15,24H,4-7,14,16-17H2,1-3H3,(H,25,26);1H. The van der Waals surface area contributed by atoms with Crippen LogP contribution in [-0.2, 0) is 11.3 Å². The summed E-state index contributed by atoms with van der Waals surface area (Å²) in [5.74, 6) is 0.991. The van der Waals surface area contributed by atoms with Crippen LogP contribution in [-0.4, -0.2) is 26.2 Å². The lowest BCUT2D eigenvalue weighted by atomic mass is 10.2. The molecule has 0 heterocycles. The maximum atomic E-state index is 12.1. The third-order valence-corrected chi connectivity index (χ3v) is 4.46. The van der Waals surface area contributed by atoms with Crippen LogP contribution in [0.4, 0.5) is 5.69 Å². The largest absolute Gasteiger partial charge is 0.493 e. The zero-order chi connectivity index (χ0) is 20.2. The summed E-state index contributed by atoms with van der Waals surface area (Å²) in [6.07, 6.45) is 5.01. The Morgan fingerprint density at radius 1 is 1.00 bits per heavy atom. The van der Waals surface area contributed by atoms with Crippen molar-refractivity contribution in [1.29, 1.82) is 0 Å². The molecule has 2 rings (SSSR count). The fraction of sp³-hybridized carbons (Fsp3) is 0.435. The second kappa shape index (κ2) is 13.9. The van der Waals surface area contributed by atoms with Gasteiger partial charge in [-0.2, -0.15) is 0 Å². The van der Waals surface area contributed by atoms with Gasteiger partial charge in [-0.15, -0.1) is 12.4 Å². The summed E-state index contributed by atoms with van der Waals surface area (Å²) in [6, 6.07) is 13.5. The Balaban J connectivity index is 0.00000420. The average molecular weight is 421 g/mol. The van der Waals surface area contributed by atoms with E-state index in [1.165, 1.54) is 25.7 Å². The Morgan fingerprint density at radius 2 is 1.76 bits per heavy atom. The molecule has 0 saturated heterocycles. The number of carbonyl (C=O) groups is 1. The van der Waals surface area contributed by atoms with Crippen molar-refractivity contribution in [2.75, 3.05) is 25.6 Å². The van der Waals surface area contributed by atoms with Crippen molar-refractivity contribution >= 4 is 24.0 Å². The molecule has 6 heteroatoms. The zero-order valence-corrected chi connectivity index (χ0v) is 18.4. The zero-order valence-electron chi connectivity index (χ0n) is 17.6. The van der Waals surface area contributed by atoms with Gasteiger partial charge >= 0.3 is 0 Å². The van der Waals surface area contributed by atoms with Crippen LogP contribution in [0.1, 0.15) is 43.7 Å². The van der Waals surface area contributed by atoms with Gasteiger partial charge in [-0.3, -0.25) is 4.79 Å². The van der Waals surface area contributed by atoms with Crippen LogP contribution in [0.3, 0.4) is 0 Å². The fourth-order valence-electron chi connectivity index (χ4n) is 2.83. The van der Waals surface area contributed by atoms with Crippen molar-refractivity contribution in [2.24, 2.45) is 0 Å². The van der Waals surface area contributed by atoms with E-state index in [4.69, 9.17) is 9.47 Å². The molecule has 160 valence electrons. The normalized spacial score (nSPS) is 10.2.